The first-order valence-electron chi connectivity index (χ1n) is 10.4. The van der Waals surface area contributed by atoms with E-state index in [1.165, 1.54) is 0 Å². The van der Waals surface area contributed by atoms with Crippen molar-refractivity contribution in [1.29, 1.82) is 0 Å². The molecule has 0 unspecified atom stereocenters. The average molecular weight is 415 g/mol. The molecule has 0 spiro atoms. The molecule has 158 valence electrons. The molecule has 0 aliphatic rings. The maximum absolute atomic E-state index is 13.1. The fourth-order valence-corrected chi connectivity index (χ4v) is 3.93. The SMILES string of the molecule is COCCOC(=O)CCn1c2ccccc2c2cc(C(=O)c3ccccc3C)ccc21. The molecule has 0 aliphatic carbocycles. The Morgan fingerprint density at radius 1 is 0.871 bits per heavy atom. The number of aromatic nitrogens is 1. The van der Waals surface area contributed by atoms with Gasteiger partial charge in [-0.15, -0.1) is 0 Å². The lowest BCUT2D eigenvalue weighted by molar-refractivity contribution is -0.145. The van der Waals surface area contributed by atoms with Crippen LogP contribution in [-0.4, -0.2) is 36.6 Å². The number of carbonyl (C=O) groups excluding carboxylic acids is 2. The van der Waals surface area contributed by atoms with E-state index >= 15 is 0 Å². The van der Waals surface area contributed by atoms with E-state index in [0.717, 1.165) is 27.4 Å². The molecule has 0 saturated carbocycles. The number of hydrogen-bond donors (Lipinski definition) is 0. The van der Waals surface area contributed by atoms with E-state index in [0.29, 0.717) is 24.3 Å². The molecule has 5 nitrogen and oxygen atoms in total. The Kier molecular flexibility index (Phi) is 6.14. The number of rotatable bonds is 8. The van der Waals surface area contributed by atoms with Crippen LogP contribution in [0.15, 0.2) is 66.7 Å². The van der Waals surface area contributed by atoms with E-state index in [4.69, 9.17) is 9.47 Å². The van der Waals surface area contributed by atoms with Gasteiger partial charge in [-0.25, -0.2) is 0 Å². The summed E-state index contributed by atoms with van der Waals surface area (Å²) in [7, 11) is 1.57. The number of esters is 1. The van der Waals surface area contributed by atoms with Crippen molar-refractivity contribution in [2.75, 3.05) is 20.3 Å². The summed E-state index contributed by atoms with van der Waals surface area (Å²) >= 11 is 0. The molecule has 31 heavy (non-hydrogen) atoms. The van der Waals surface area contributed by atoms with Crippen LogP contribution >= 0.6 is 0 Å². The molecule has 0 saturated heterocycles. The van der Waals surface area contributed by atoms with Gasteiger partial charge in [-0.1, -0.05) is 42.5 Å². The highest BCUT2D eigenvalue weighted by molar-refractivity contribution is 6.15. The number of benzene rings is 3. The Morgan fingerprint density at radius 2 is 1.61 bits per heavy atom. The quantitative estimate of drug-likeness (QED) is 0.233. The summed E-state index contributed by atoms with van der Waals surface area (Å²) in [5.74, 6) is -0.243. The third-order valence-electron chi connectivity index (χ3n) is 5.51. The average Bonchev–Trinajstić information content (AvgIpc) is 3.11. The Hall–Kier alpha value is -3.44. The number of ketones is 1. The second-order valence-corrected chi connectivity index (χ2v) is 7.51. The summed E-state index contributed by atoms with van der Waals surface area (Å²) in [6, 6.07) is 21.5. The maximum Gasteiger partial charge on any atom is 0.307 e. The Balaban J connectivity index is 1.69. The third-order valence-corrected chi connectivity index (χ3v) is 5.51. The van der Waals surface area contributed by atoms with Gasteiger partial charge in [0.25, 0.3) is 0 Å². The number of hydrogen-bond acceptors (Lipinski definition) is 4. The summed E-state index contributed by atoms with van der Waals surface area (Å²) in [5.41, 5.74) is 4.35. The van der Waals surface area contributed by atoms with Crippen molar-refractivity contribution >= 4 is 33.6 Å². The number of carbonyl (C=O) groups is 2. The molecule has 0 amide bonds. The standard InChI is InChI=1S/C26H25NO4/c1-18-7-3-4-8-20(18)26(29)19-11-12-24-22(17-19)21-9-5-6-10-23(21)27(24)14-13-25(28)31-16-15-30-2/h3-12,17H,13-16H2,1-2H3. The largest absolute Gasteiger partial charge is 0.463 e. The van der Waals surface area contributed by atoms with Gasteiger partial charge in [0.05, 0.1) is 13.0 Å². The minimum absolute atomic E-state index is 0.0125. The van der Waals surface area contributed by atoms with Crippen LogP contribution in [0.5, 0.6) is 0 Å². The minimum Gasteiger partial charge on any atom is -0.463 e. The molecular weight excluding hydrogens is 390 g/mol. The molecule has 0 N–H and O–H groups in total. The summed E-state index contributed by atoms with van der Waals surface area (Å²) in [6.07, 6.45) is 0.265. The van der Waals surface area contributed by atoms with E-state index in [1.807, 2.05) is 73.7 Å². The van der Waals surface area contributed by atoms with Crippen LogP contribution in [0, 0.1) is 6.92 Å². The lowest BCUT2D eigenvalue weighted by Crippen LogP contribution is -2.12. The summed E-state index contributed by atoms with van der Waals surface area (Å²) in [4.78, 5) is 25.2. The highest BCUT2D eigenvalue weighted by atomic mass is 16.6. The number of nitrogens with zero attached hydrogens (tertiary/aromatic N) is 1. The van der Waals surface area contributed by atoms with Crippen LogP contribution in [0.25, 0.3) is 21.8 Å². The number of para-hydroxylation sites is 1. The Bertz CT molecular complexity index is 1250. The molecule has 4 rings (SSSR count). The minimum atomic E-state index is -0.255. The van der Waals surface area contributed by atoms with Crippen LogP contribution in [0.2, 0.25) is 0 Å². The normalized spacial score (nSPS) is 11.2. The zero-order valence-corrected chi connectivity index (χ0v) is 17.8. The lowest BCUT2D eigenvalue weighted by Gasteiger charge is -2.09. The Labute approximate surface area is 181 Å². The molecular formula is C26H25NO4. The van der Waals surface area contributed by atoms with Crippen molar-refractivity contribution in [3.05, 3.63) is 83.4 Å². The van der Waals surface area contributed by atoms with Crippen LogP contribution in [-0.2, 0) is 20.8 Å². The van der Waals surface area contributed by atoms with Crippen molar-refractivity contribution in [1.82, 2.24) is 4.57 Å². The number of fused-ring (bicyclic) bond motifs is 3. The fourth-order valence-electron chi connectivity index (χ4n) is 3.93. The van der Waals surface area contributed by atoms with Crippen molar-refractivity contribution in [3.8, 4) is 0 Å². The van der Waals surface area contributed by atoms with E-state index in [-0.39, 0.29) is 24.8 Å². The molecule has 4 aromatic rings. The van der Waals surface area contributed by atoms with Gasteiger partial charge in [0.2, 0.25) is 0 Å². The third kappa shape index (κ3) is 4.23. The summed E-state index contributed by atoms with van der Waals surface area (Å²) in [5, 5.41) is 2.06. The highest BCUT2D eigenvalue weighted by Crippen LogP contribution is 2.31. The van der Waals surface area contributed by atoms with E-state index in [9.17, 15) is 9.59 Å². The zero-order chi connectivity index (χ0) is 21.8. The number of aryl methyl sites for hydroxylation is 2. The van der Waals surface area contributed by atoms with Gasteiger partial charge in [-0.2, -0.15) is 0 Å². The first kappa shape index (κ1) is 20.8. The summed E-state index contributed by atoms with van der Waals surface area (Å²) < 4.78 is 12.2. The molecule has 0 radical (unpaired) electrons. The van der Waals surface area contributed by atoms with Gasteiger partial charge >= 0.3 is 5.97 Å². The van der Waals surface area contributed by atoms with Crippen molar-refractivity contribution in [3.63, 3.8) is 0 Å². The fraction of sp³-hybridized carbons (Fsp3) is 0.231. The molecule has 0 aliphatic heterocycles. The van der Waals surface area contributed by atoms with Crippen LogP contribution in [0.3, 0.4) is 0 Å². The van der Waals surface area contributed by atoms with E-state index in [2.05, 4.69) is 4.57 Å². The zero-order valence-electron chi connectivity index (χ0n) is 17.8. The maximum atomic E-state index is 13.1. The van der Waals surface area contributed by atoms with E-state index in [1.54, 1.807) is 7.11 Å². The summed E-state index contributed by atoms with van der Waals surface area (Å²) in [6.45, 7) is 3.09. The van der Waals surface area contributed by atoms with Gasteiger partial charge in [0, 0.05) is 46.6 Å². The molecule has 0 atom stereocenters. The van der Waals surface area contributed by atoms with Gasteiger partial charge in [0.15, 0.2) is 5.78 Å². The molecule has 0 bridgehead atoms. The predicted molar refractivity (Wildman–Crippen MR) is 122 cm³/mol. The first-order chi connectivity index (χ1) is 15.1. The molecule has 1 heterocycles. The Morgan fingerprint density at radius 3 is 2.42 bits per heavy atom. The number of methoxy groups -OCH3 is 1. The van der Waals surface area contributed by atoms with Crippen molar-refractivity contribution in [2.24, 2.45) is 0 Å². The highest BCUT2D eigenvalue weighted by Gasteiger charge is 2.16. The smallest absolute Gasteiger partial charge is 0.307 e. The van der Waals surface area contributed by atoms with Gasteiger partial charge < -0.3 is 14.0 Å². The van der Waals surface area contributed by atoms with Crippen LogP contribution in [0.1, 0.15) is 27.9 Å². The first-order valence-corrected chi connectivity index (χ1v) is 10.4. The van der Waals surface area contributed by atoms with Crippen LogP contribution in [0.4, 0.5) is 0 Å². The second-order valence-electron chi connectivity index (χ2n) is 7.51. The molecule has 5 heteroatoms. The number of ether oxygens (including phenoxy) is 2. The van der Waals surface area contributed by atoms with Crippen molar-refractivity contribution < 1.29 is 19.1 Å². The molecule has 1 aromatic heterocycles. The molecule has 0 fully saturated rings. The second kappa shape index (κ2) is 9.14. The van der Waals surface area contributed by atoms with Gasteiger partial charge in [-0.3, -0.25) is 9.59 Å². The van der Waals surface area contributed by atoms with Crippen molar-refractivity contribution in [2.45, 2.75) is 19.9 Å². The lowest BCUT2D eigenvalue weighted by atomic mass is 9.98. The molecule has 3 aromatic carbocycles. The monoisotopic (exact) mass is 415 g/mol. The predicted octanol–water partition coefficient (Wildman–Crippen LogP) is 4.91. The van der Waals surface area contributed by atoms with Gasteiger partial charge in [-0.05, 0) is 36.8 Å². The van der Waals surface area contributed by atoms with E-state index < -0.39 is 0 Å². The van der Waals surface area contributed by atoms with Gasteiger partial charge in [0.1, 0.15) is 6.61 Å². The topological polar surface area (TPSA) is 57.5 Å². The van der Waals surface area contributed by atoms with Crippen LogP contribution < -0.4 is 0 Å².